The molecule has 0 radical (unpaired) electrons. The summed E-state index contributed by atoms with van der Waals surface area (Å²) < 4.78 is 36.3. The van der Waals surface area contributed by atoms with Gasteiger partial charge in [-0.3, -0.25) is 24.6 Å². The summed E-state index contributed by atoms with van der Waals surface area (Å²) >= 11 is 0. The number of hydrogen-bond donors (Lipinski definition) is 1. The minimum atomic E-state index is -2.84. The quantitative estimate of drug-likeness (QED) is 0.538. The number of hydrogen-bond acceptors (Lipinski definition) is 6. The molecule has 39 heavy (non-hydrogen) atoms. The van der Waals surface area contributed by atoms with Crippen LogP contribution in [0.1, 0.15) is 65.9 Å². The van der Waals surface area contributed by atoms with Crippen molar-refractivity contribution in [2.24, 2.45) is 0 Å². The van der Waals surface area contributed by atoms with E-state index in [0.717, 1.165) is 49.9 Å². The Balaban J connectivity index is 1.10. The number of alkyl halides is 2. The average molecular weight is 540 g/mol. The van der Waals surface area contributed by atoms with Crippen molar-refractivity contribution in [3.05, 3.63) is 59.2 Å². The van der Waals surface area contributed by atoms with E-state index in [9.17, 15) is 23.2 Å². The average Bonchev–Trinajstić information content (AvgIpc) is 3.19. The van der Waals surface area contributed by atoms with Gasteiger partial charge < -0.3 is 14.4 Å². The van der Waals surface area contributed by atoms with Gasteiger partial charge in [-0.05, 0) is 67.1 Å². The van der Waals surface area contributed by atoms with E-state index >= 15 is 0 Å². The Bertz CT molecular complexity index is 1280. The van der Waals surface area contributed by atoms with Gasteiger partial charge in [0.1, 0.15) is 23.6 Å². The van der Waals surface area contributed by atoms with E-state index in [1.165, 1.54) is 0 Å². The lowest BCUT2D eigenvalue weighted by Gasteiger charge is -2.48. The van der Waals surface area contributed by atoms with Gasteiger partial charge in [0.2, 0.25) is 11.8 Å². The third-order valence-electron chi connectivity index (χ3n) is 8.38. The number of nitrogens with zero attached hydrogens (tertiary/aromatic N) is 2. The summed E-state index contributed by atoms with van der Waals surface area (Å²) in [6.45, 7) is -0.852. The van der Waals surface area contributed by atoms with Gasteiger partial charge in [-0.1, -0.05) is 18.6 Å². The third-order valence-corrected chi connectivity index (χ3v) is 8.38. The standard InChI is InChI=1S/C29H31F2N3O5/c30-29(31)39-20-5-3-4-17(12-20)19-14-33(15-19)23-6-1-2-7-25(23)38-21-8-9-22-18(13-21)16-34(28(22)37)24-10-11-26(35)32-27(24)36/h3-5,8-9,12-13,19,23-25,29H,1-2,6-7,10-11,14-16H2,(H,32,35,36)/t23-,24?,25+/m0/s1. The zero-order chi connectivity index (χ0) is 27.1. The van der Waals surface area contributed by atoms with E-state index in [2.05, 4.69) is 15.0 Å². The van der Waals surface area contributed by atoms with Crippen molar-refractivity contribution in [1.29, 1.82) is 0 Å². The van der Waals surface area contributed by atoms with E-state index in [4.69, 9.17) is 4.74 Å². The number of imide groups is 1. The number of carbonyl (C=O) groups excluding carboxylic acids is 3. The molecule has 0 bridgehead atoms. The third kappa shape index (κ3) is 5.22. The number of amides is 3. The first-order chi connectivity index (χ1) is 18.9. The zero-order valence-electron chi connectivity index (χ0n) is 21.5. The van der Waals surface area contributed by atoms with Gasteiger partial charge in [-0.25, -0.2) is 0 Å². The molecule has 3 amide bonds. The summed E-state index contributed by atoms with van der Waals surface area (Å²) in [5, 5.41) is 2.33. The highest BCUT2D eigenvalue weighted by Gasteiger charge is 2.41. The molecule has 3 heterocycles. The Labute approximate surface area is 225 Å². The monoisotopic (exact) mass is 539 g/mol. The number of piperidine rings is 1. The van der Waals surface area contributed by atoms with E-state index < -0.39 is 18.6 Å². The fraction of sp³-hybridized carbons (Fsp3) is 0.483. The predicted molar refractivity (Wildman–Crippen MR) is 137 cm³/mol. The van der Waals surface area contributed by atoms with Gasteiger partial charge in [0.25, 0.3) is 5.91 Å². The molecule has 1 aliphatic carbocycles. The lowest BCUT2D eigenvalue weighted by Crippen LogP contribution is -2.57. The van der Waals surface area contributed by atoms with Crippen molar-refractivity contribution in [3.8, 4) is 11.5 Å². The minimum Gasteiger partial charge on any atom is -0.489 e. The van der Waals surface area contributed by atoms with Gasteiger partial charge in [-0.2, -0.15) is 8.78 Å². The fourth-order valence-electron chi connectivity index (χ4n) is 6.37. The normalized spacial score (nSPS) is 25.9. The van der Waals surface area contributed by atoms with E-state index in [1.54, 1.807) is 29.2 Å². The molecule has 3 fully saturated rings. The van der Waals surface area contributed by atoms with Crippen LogP contribution in [0.2, 0.25) is 0 Å². The Morgan fingerprint density at radius 2 is 1.77 bits per heavy atom. The molecule has 8 nitrogen and oxygen atoms in total. The van der Waals surface area contributed by atoms with E-state index in [-0.39, 0.29) is 42.0 Å². The smallest absolute Gasteiger partial charge is 0.387 e. The Morgan fingerprint density at radius 1 is 0.949 bits per heavy atom. The Kier molecular flexibility index (Phi) is 6.97. The predicted octanol–water partition coefficient (Wildman–Crippen LogP) is 3.84. The summed E-state index contributed by atoms with van der Waals surface area (Å²) in [4.78, 5) is 40.8. The van der Waals surface area contributed by atoms with Crippen LogP contribution in [-0.4, -0.2) is 65.4 Å². The number of likely N-dealkylation sites (tertiary alicyclic amines) is 1. The highest BCUT2D eigenvalue weighted by molar-refractivity contribution is 6.05. The largest absolute Gasteiger partial charge is 0.489 e. The first kappa shape index (κ1) is 25.7. The number of ether oxygens (including phenoxy) is 2. The molecule has 206 valence electrons. The van der Waals surface area contributed by atoms with Gasteiger partial charge in [0, 0.05) is 43.6 Å². The molecule has 2 aromatic carbocycles. The maximum atomic E-state index is 13.0. The fourth-order valence-corrected chi connectivity index (χ4v) is 6.37. The van der Waals surface area contributed by atoms with Crippen LogP contribution in [0.5, 0.6) is 11.5 Å². The van der Waals surface area contributed by atoms with Gasteiger partial charge in [-0.15, -0.1) is 0 Å². The van der Waals surface area contributed by atoms with Crippen LogP contribution in [0.3, 0.4) is 0 Å². The van der Waals surface area contributed by atoms with Crippen LogP contribution < -0.4 is 14.8 Å². The van der Waals surface area contributed by atoms with Crippen molar-refractivity contribution >= 4 is 17.7 Å². The molecule has 2 saturated heterocycles. The number of benzene rings is 2. The van der Waals surface area contributed by atoms with E-state index in [0.29, 0.717) is 24.3 Å². The highest BCUT2D eigenvalue weighted by Crippen LogP contribution is 2.37. The highest BCUT2D eigenvalue weighted by atomic mass is 19.3. The topological polar surface area (TPSA) is 88.2 Å². The molecule has 3 aliphatic heterocycles. The van der Waals surface area contributed by atoms with Crippen molar-refractivity contribution in [1.82, 2.24) is 15.1 Å². The molecule has 1 saturated carbocycles. The molecule has 4 aliphatic rings. The molecule has 2 aromatic rings. The maximum absolute atomic E-state index is 13.0. The van der Waals surface area contributed by atoms with Crippen LogP contribution in [0.4, 0.5) is 8.78 Å². The second kappa shape index (κ2) is 10.6. The molecular weight excluding hydrogens is 508 g/mol. The number of halogens is 2. The molecule has 6 rings (SSSR count). The molecule has 0 spiro atoms. The lowest BCUT2D eigenvalue weighted by atomic mass is 9.84. The van der Waals surface area contributed by atoms with Crippen LogP contribution >= 0.6 is 0 Å². The van der Waals surface area contributed by atoms with Crippen LogP contribution in [0.25, 0.3) is 0 Å². The molecule has 1 unspecified atom stereocenters. The summed E-state index contributed by atoms with van der Waals surface area (Å²) in [5.41, 5.74) is 2.39. The van der Waals surface area contributed by atoms with Crippen molar-refractivity contribution in [2.75, 3.05) is 13.1 Å². The van der Waals surface area contributed by atoms with Crippen LogP contribution in [0.15, 0.2) is 42.5 Å². The second-order valence-corrected chi connectivity index (χ2v) is 10.8. The number of nitrogens with one attached hydrogen (secondary N) is 1. The molecule has 3 atom stereocenters. The molecular formula is C29H31F2N3O5. The summed E-state index contributed by atoms with van der Waals surface area (Å²) in [6, 6.07) is 12.1. The second-order valence-electron chi connectivity index (χ2n) is 10.8. The van der Waals surface area contributed by atoms with Crippen molar-refractivity contribution in [2.45, 2.75) is 75.8 Å². The Hall–Kier alpha value is -3.53. The van der Waals surface area contributed by atoms with Crippen LogP contribution in [0, 0.1) is 0 Å². The molecule has 0 aromatic heterocycles. The van der Waals surface area contributed by atoms with Gasteiger partial charge in [0.15, 0.2) is 0 Å². The summed E-state index contributed by atoms with van der Waals surface area (Å²) in [5.74, 6) is 0.230. The van der Waals surface area contributed by atoms with Crippen molar-refractivity contribution in [3.63, 3.8) is 0 Å². The molecule has 1 N–H and O–H groups in total. The van der Waals surface area contributed by atoms with Crippen LogP contribution in [-0.2, 0) is 16.1 Å². The summed E-state index contributed by atoms with van der Waals surface area (Å²) in [7, 11) is 0. The zero-order valence-corrected chi connectivity index (χ0v) is 21.5. The first-order valence-corrected chi connectivity index (χ1v) is 13.6. The number of rotatable bonds is 7. The van der Waals surface area contributed by atoms with E-state index in [1.807, 2.05) is 18.2 Å². The lowest BCUT2D eigenvalue weighted by molar-refractivity contribution is -0.136. The first-order valence-electron chi connectivity index (χ1n) is 13.6. The maximum Gasteiger partial charge on any atom is 0.387 e. The Morgan fingerprint density at radius 3 is 2.56 bits per heavy atom. The minimum absolute atomic E-state index is 0.00888. The molecule has 10 heteroatoms. The van der Waals surface area contributed by atoms with Gasteiger partial charge >= 0.3 is 6.61 Å². The SMILES string of the molecule is O=C1CCC(N2Cc3cc(O[C@@H]4CCCC[C@@H]4N4CC(c5cccc(OC(F)F)c5)C4)ccc3C2=O)C(=O)N1. The number of carbonyl (C=O) groups is 3. The van der Waals surface area contributed by atoms with Gasteiger partial charge in [0.05, 0.1) is 0 Å². The van der Waals surface area contributed by atoms with Crippen molar-refractivity contribution < 1.29 is 32.6 Å². The summed E-state index contributed by atoms with van der Waals surface area (Å²) in [6.07, 6.45) is 4.73. The number of fused-ring (bicyclic) bond motifs is 1.